The van der Waals surface area contributed by atoms with Gasteiger partial charge in [0, 0.05) is 13.2 Å². The zero-order valence-electron chi connectivity index (χ0n) is 17.3. The van der Waals surface area contributed by atoms with Gasteiger partial charge in [0.15, 0.2) is 12.1 Å². The molecular weight excluding hydrogens is 392 g/mol. The summed E-state index contributed by atoms with van der Waals surface area (Å²) in [5.41, 5.74) is -2.37. The summed E-state index contributed by atoms with van der Waals surface area (Å²) < 4.78 is 19.3. The number of carbonyl (C=O) groups is 1. The van der Waals surface area contributed by atoms with Gasteiger partial charge in [-0.05, 0) is 36.8 Å². The topological polar surface area (TPSA) is 65.0 Å². The van der Waals surface area contributed by atoms with Gasteiger partial charge < -0.3 is 19.3 Å². The Bertz CT molecular complexity index is 1060. The number of hydrogen-bond acceptors (Lipinski definition) is 5. The maximum Gasteiger partial charge on any atom is 0.172 e. The Morgan fingerprint density at radius 3 is 2.32 bits per heavy atom. The van der Waals surface area contributed by atoms with E-state index in [-0.39, 0.29) is 11.9 Å². The quantitative estimate of drug-likeness (QED) is 0.812. The molecule has 0 radical (unpaired) electrons. The Kier molecular flexibility index (Phi) is 3.49. The molecule has 4 bridgehead atoms. The number of hydrogen-bond donors (Lipinski definition) is 1. The van der Waals surface area contributed by atoms with Gasteiger partial charge in [0.1, 0.15) is 17.3 Å². The molecule has 2 unspecified atom stereocenters. The fourth-order valence-corrected chi connectivity index (χ4v) is 8.14. The minimum atomic E-state index is -1.39. The molecule has 8 rings (SSSR count). The van der Waals surface area contributed by atoms with E-state index in [0.29, 0.717) is 26.1 Å². The summed E-state index contributed by atoms with van der Waals surface area (Å²) in [5, 5.41) is 12.9. The lowest BCUT2D eigenvalue weighted by Gasteiger charge is -2.79. The predicted octanol–water partition coefficient (Wildman–Crippen LogP) is 3.11. The van der Waals surface area contributed by atoms with Gasteiger partial charge in [0.05, 0.1) is 16.7 Å². The van der Waals surface area contributed by atoms with Gasteiger partial charge in [-0.25, -0.2) is 0 Å². The molecule has 2 spiro atoms. The van der Waals surface area contributed by atoms with Crippen LogP contribution >= 0.6 is 0 Å². The molecule has 0 amide bonds. The molecule has 6 fully saturated rings. The first-order valence-corrected chi connectivity index (χ1v) is 11.4. The Morgan fingerprint density at radius 1 is 0.871 bits per heavy atom. The first-order chi connectivity index (χ1) is 15.1. The molecule has 31 heavy (non-hydrogen) atoms. The number of Topliss-reactive ketones (excluding diaryl/α,β-unsaturated/α-hetero) is 1. The molecule has 5 nitrogen and oxygen atoms in total. The summed E-state index contributed by atoms with van der Waals surface area (Å²) in [6, 6.07) is 19.8. The molecule has 0 aromatic heterocycles. The van der Waals surface area contributed by atoms with E-state index in [9.17, 15) is 9.90 Å². The van der Waals surface area contributed by atoms with E-state index < -0.39 is 34.2 Å². The number of carbonyl (C=O) groups excluding carboxylic acids is 1. The van der Waals surface area contributed by atoms with Gasteiger partial charge in [0.2, 0.25) is 0 Å². The average molecular weight is 418 g/mol. The lowest BCUT2D eigenvalue weighted by Crippen LogP contribution is -2.95. The molecule has 2 aromatic carbocycles. The summed E-state index contributed by atoms with van der Waals surface area (Å²) in [6.07, 6.45) is 1.83. The van der Waals surface area contributed by atoms with Crippen LogP contribution in [0.15, 0.2) is 60.7 Å². The van der Waals surface area contributed by atoms with E-state index in [0.717, 1.165) is 24.0 Å². The van der Waals surface area contributed by atoms with Crippen LogP contribution in [0.4, 0.5) is 0 Å². The van der Waals surface area contributed by atoms with E-state index in [1.54, 1.807) is 0 Å². The lowest BCUT2D eigenvalue weighted by atomic mass is 9.34. The van der Waals surface area contributed by atoms with Gasteiger partial charge in [-0.15, -0.1) is 0 Å². The monoisotopic (exact) mass is 418 g/mol. The molecule has 1 N–H and O–H groups in total. The molecule has 6 aliphatic rings. The minimum Gasteiger partial charge on any atom is -0.385 e. The molecule has 160 valence electrons. The average Bonchev–Trinajstić information content (AvgIpc) is 2.94. The Balaban J connectivity index is 1.59. The van der Waals surface area contributed by atoms with Gasteiger partial charge in [-0.1, -0.05) is 60.7 Å². The third-order valence-electron chi connectivity index (χ3n) is 8.93. The fourth-order valence-electron chi connectivity index (χ4n) is 8.14. The van der Waals surface area contributed by atoms with E-state index >= 15 is 0 Å². The number of benzene rings is 2. The third-order valence-corrected chi connectivity index (χ3v) is 8.93. The maximum atomic E-state index is 14.5. The lowest BCUT2D eigenvalue weighted by molar-refractivity contribution is -0.477. The van der Waals surface area contributed by atoms with Crippen LogP contribution in [0.5, 0.6) is 0 Å². The summed E-state index contributed by atoms with van der Waals surface area (Å²) in [6.45, 7) is 1.19. The number of ether oxygens (including phenoxy) is 3. The van der Waals surface area contributed by atoms with E-state index in [4.69, 9.17) is 14.2 Å². The van der Waals surface area contributed by atoms with Crippen LogP contribution in [0.3, 0.4) is 0 Å². The molecule has 2 aromatic rings. The summed E-state index contributed by atoms with van der Waals surface area (Å²) in [7, 11) is 0. The van der Waals surface area contributed by atoms with Crippen molar-refractivity contribution in [3.63, 3.8) is 0 Å². The third kappa shape index (κ3) is 1.68. The molecular formula is C26H26O5. The highest BCUT2D eigenvalue weighted by Crippen LogP contribution is 2.83. The minimum absolute atomic E-state index is 0.0460. The fraction of sp³-hybridized carbons (Fsp3) is 0.500. The van der Waals surface area contributed by atoms with Crippen molar-refractivity contribution in [2.75, 3.05) is 13.2 Å². The van der Waals surface area contributed by atoms with Crippen molar-refractivity contribution in [2.24, 2.45) is 5.41 Å². The molecule has 4 heterocycles. The molecule has 2 aliphatic carbocycles. The van der Waals surface area contributed by atoms with Gasteiger partial charge in [-0.2, -0.15) is 0 Å². The summed E-state index contributed by atoms with van der Waals surface area (Å²) in [4.78, 5) is 14.5. The van der Waals surface area contributed by atoms with Crippen molar-refractivity contribution in [1.29, 1.82) is 0 Å². The Labute approximate surface area is 181 Å². The van der Waals surface area contributed by atoms with Crippen LogP contribution < -0.4 is 0 Å². The highest BCUT2D eigenvalue weighted by Gasteiger charge is 2.99. The van der Waals surface area contributed by atoms with Crippen LogP contribution in [0.2, 0.25) is 0 Å². The SMILES string of the molecule is O=C1C(c2ccccc2)C2(O)[C@]34CCCO[C@@H]3[C@@]2(c2ccccc2)[C@]12CCCO[C@H]2O4. The smallest absolute Gasteiger partial charge is 0.172 e. The Morgan fingerprint density at radius 2 is 1.55 bits per heavy atom. The van der Waals surface area contributed by atoms with Crippen molar-refractivity contribution in [2.45, 2.75) is 60.6 Å². The highest BCUT2D eigenvalue weighted by molar-refractivity contribution is 6.01. The molecule has 7 atom stereocenters. The van der Waals surface area contributed by atoms with Gasteiger partial charge in [0.25, 0.3) is 0 Å². The number of rotatable bonds is 2. The van der Waals surface area contributed by atoms with Crippen molar-refractivity contribution >= 4 is 5.78 Å². The second-order valence-electron chi connectivity index (χ2n) is 9.79. The highest BCUT2D eigenvalue weighted by atomic mass is 16.7. The summed E-state index contributed by atoms with van der Waals surface area (Å²) >= 11 is 0. The molecule has 2 saturated carbocycles. The van der Waals surface area contributed by atoms with E-state index in [1.165, 1.54) is 0 Å². The number of aliphatic hydroxyl groups is 1. The zero-order valence-corrected chi connectivity index (χ0v) is 17.3. The second kappa shape index (κ2) is 5.84. The molecule has 5 heteroatoms. The van der Waals surface area contributed by atoms with Crippen molar-refractivity contribution in [3.8, 4) is 0 Å². The standard InChI is InChI=1S/C26H26O5/c27-20-19(17-9-3-1-4-10-17)26(28)24-14-8-15-29-21(24)25(26,18-11-5-2-6-12-18)23(20)13-7-16-30-22(23)31-24/h1-6,9-12,19,21-22,28H,7-8,13-16H2/t19?,21-,22-,23+,24-,25-,26?/m0/s1. The van der Waals surface area contributed by atoms with Crippen LogP contribution in [0.1, 0.15) is 42.7 Å². The van der Waals surface area contributed by atoms with Crippen LogP contribution in [-0.4, -0.2) is 47.7 Å². The Hall–Kier alpha value is -2.05. The van der Waals surface area contributed by atoms with E-state index in [2.05, 4.69) is 0 Å². The van der Waals surface area contributed by atoms with Gasteiger partial charge in [-0.3, -0.25) is 4.79 Å². The normalized spacial score (nSPS) is 47.3. The van der Waals surface area contributed by atoms with Crippen molar-refractivity contribution in [1.82, 2.24) is 0 Å². The summed E-state index contributed by atoms with van der Waals surface area (Å²) in [5.74, 6) is -0.622. The predicted molar refractivity (Wildman–Crippen MR) is 111 cm³/mol. The van der Waals surface area contributed by atoms with Crippen molar-refractivity contribution < 1.29 is 24.1 Å². The largest absolute Gasteiger partial charge is 0.385 e. The maximum absolute atomic E-state index is 14.5. The first kappa shape index (κ1) is 18.5. The van der Waals surface area contributed by atoms with Crippen LogP contribution in [0, 0.1) is 5.41 Å². The van der Waals surface area contributed by atoms with Crippen LogP contribution in [-0.2, 0) is 24.4 Å². The van der Waals surface area contributed by atoms with E-state index in [1.807, 2.05) is 60.7 Å². The first-order valence-electron chi connectivity index (χ1n) is 11.4. The van der Waals surface area contributed by atoms with Crippen LogP contribution in [0.25, 0.3) is 0 Å². The molecule has 4 saturated heterocycles. The van der Waals surface area contributed by atoms with Gasteiger partial charge >= 0.3 is 0 Å². The zero-order chi connectivity index (χ0) is 20.9. The second-order valence-corrected chi connectivity index (χ2v) is 9.79. The number of ketones is 1. The molecule has 4 aliphatic heterocycles. The van der Waals surface area contributed by atoms with Crippen molar-refractivity contribution in [3.05, 3.63) is 71.8 Å².